The van der Waals surface area contributed by atoms with Crippen molar-refractivity contribution < 1.29 is 19.5 Å². The fourth-order valence-corrected chi connectivity index (χ4v) is 2.04. The molecule has 0 atom stereocenters. The molecule has 3 N–H and O–H groups in total. The second-order valence-electron chi connectivity index (χ2n) is 5.82. The van der Waals surface area contributed by atoms with Crippen LogP contribution in [0.25, 0.3) is 0 Å². The molecule has 0 spiro atoms. The van der Waals surface area contributed by atoms with Crippen LogP contribution in [0.2, 0.25) is 0 Å². The Kier molecular flexibility index (Phi) is 5.07. The zero-order valence-corrected chi connectivity index (χ0v) is 12.4. The van der Waals surface area contributed by atoms with E-state index in [-0.39, 0.29) is 5.41 Å². The molecule has 0 bridgehead atoms. The average molecular weight is 292 g/mol. The summed E-state index contributed by atoms with van der Waals surface area (Å²) in [4.78, 5) is 35.4. The first-order valence-corrected chi connectivity index (χ1v) is 6.52. The van der Waals surface area contributed by atoms with E-state index in [2.05, 4.69) is 0 Å². The van der Waals surface area contributed by atoms with Gasteiger partial charge >= 0.3 is 5.97 Å². The third kappa shape index (κ3) is 4.59. The Morgan fingerprint density at radius 3 is 2.19 bits per heavy atom. The van der Waals surface area contributed by atoms with E-state index in [1.165, 1.54) is 0 Å². The van der Waals surface area contributed by atoms with Gasteiger partial charge in [0.15, 0.2) is 0 Å². The SMILES string of the molecule is CC(C)(C)c1ccccc1C(=O)N(CC(N)=O)CC(=O)O. The van der Waals surface area contributed by atoms with Gasteiger partial charge in [-0.1, -0.05) is 39.0 Å². The van der Waals surface area contributed by atoms with Crippen LogP contribution in [-0.4, -0.2) is 40.9 Å². The maximum Gasteiger partial charge on any atom is 0.323 e. The van der Waals surface area contributed by atoms with Gasteiger partial charge in [-0.2, -0.15) is 0 Å². The fraction of sp³-hybridized carbons (Fsp3) is 0.400. The number of nitrogens with zero attached hydrogens (tertiary/aromatic N) is 1. The van der Waals surface area contributed by atoms with Gasteiger partial charge in [0.1, 0.15) is 13.1 Å². The molecule has 1 aromatic carbocycles. The number of amides is 2. The van der Waals surface area contributed by atoms with Crippen molar-refractivity contribution in [3.8, 4) is 0 Å². The molecule has 1 rings (SSSR count). The number of benzene rings is 1. The van der Waals surface area contributed by atoms with Crippen molar-refractivity contribution in [2.24, 2.45) is 5.73 Å². The minimum Gasteiger partial charge on any atom is -0.480 e. The first-order chi connectivity index (χ1) is 9.62. The topological polar surface area (TPSA) is 101 Å². The van der Waals surface area contributed by atoms with E-state index in [1.807, 2.05) is 32.9 Å². The first-order valence-electron chi connectivity index (χ1n) is 6.52. The molecule has 0 aliphatic heterocycles. The fourth-order valence-electron chi connectivity index (χ4n) is 2.04. The van der Waals surface area contributed by atoms with Crippen LogP contribution in [0.3, 0.4) is 0 Å². The predicted molar refractivity (Wildman–Crippen MR) is 77.9 cm³/mol. The molecule has 2 amide bonds. The van der Waals surface area contributed by atoms with E-state index in [0.717, 1.165) is 10.5 Å². The maximum atomic E-state index is 12.5. The lowest BCUT2D eigenvalue weighted by Gasteiger charge is -2.25. The van der Waals surface area contributed by atoms with Crippen LogP contribution in [0, 0.1) is 0 Å². The summed E-state index contributed by atoms with van der Waals surface area (Å²) >= 11 is 0. The summed E-state index contributed by atoms with van der Waals surface area (Å²) in [6, 6.07) is 6.95. The summed E-state index contributed by atoms with van der Waals surface area (Å²) in [7, 11) is 0. The molecule has 0 aliphatic carbocycles. The molecule has 0 saturated heterocycles. The third-order valence-corrected chi connectivity index (χ3v) is 2.93. The number of carbonyl (C=O) groups is 3. The summed E-state index contributed by atoms with van der Waals surface area (Å²) in [6.45, 7) is 4.86. The molecule has 0 radical (unpaired) electrons. The van der Waals surface area contributed by atoms with Crippen molar-refractivity contribution in [3.05, 3.63) is 35.4 Å². The van der Waals surface area contributed by atoms with Crippen molar-refractivity contribution in [2.45, 2.75) is 26.2 Å². The van der Waals surface area contributed by atoms with E-state index >= 15 is 0 Å². The molecule has 0 aromatic heterocycles. The van der Waals surface area contributed by atoms with Crippen molar-refractivity contribution in [2.75, 3.05) is 13.1 Å². The Hall–Kier alpha value is -2.37. The molecule has 6 heteroatoms. The van der Waals surface area contributed by atoms with E-state index in [1.54, 1.807) is 12.1 Å². The van der Waals surface area contributed by atoms with Gasteiger partial charge in [-0.25, -0.2) is 0 Å². The minimum atomic E-state index is -1.20. The zero-order valence-electron chi connectivity index (χ0n) is 12.4. The number of hydrogen-bond donors (Lipinski definition) is 2. The monoisotopic (exact) mass is 292 g/mol. The number of nitrogens with two attached hydrogens (primary N) is 1. The largest absolute Gasteiger partial charge is 0.480 e. The van der Waals surface area contributed by atoms with E-state index in [4.69, 9.17) is 10.8 Å². The van der Waals surface area contributed by atoms with Crippen molar-refractivity contribution in [1.29, 1.82) is 0 Å². The minimum absolute atomic E-state index is 0.284. The lowest BCUT2D eigenvalue weighted by atomic mass is 9.83. The van der Waals surface area contributed by atoms with Crippen LogP contribution in [-0.2, 0) is 15.0 Å². The van der Waals surface area contributed by atoms with Gasteiger partial charge in [0.2, 0.25) is 5.91 Å². The van der Waals surface area contributed by atoms with Gasteiger partial charge in [-0.05, 0) is 17.0 Å². The molecule has 0 saturated carbocycles. The predicted octanol–water partition coefficient (Wildman–Crippen LogP) is 0.996. The second kappa shape index (κ2) is 6.39. The molecule has 1 aromatic rings. The Morgan fingerprint density at radius 2 is 1.71 bits per heavy atom. The van der Waals surface area contributed by atoms with Gasteiger partial charge < -0.3 is 15.7 Å². The Bertz CT molecular complexity index is 545. The van der Waals surface area contributed by atoms with E-state index in [0.29, 0.717) is 5.56 Å². The number of carbonyl (C=O) groups excluding carboxylic acids is 2. The summed E-state index contributed by atoms with van der Waals surface area (Å²) < 4.78 is 0. The first kappa shape index (κ1) is 16.7. The number of hydrogen-bond acceptors (Lipinski definition) is 3. The standard InChI is InChI=1S/C15H20N2O4/c1-15(2,3)11-7-5-4-6-10(11)14(21)17(8-12(16)18)9-13(19)20/h4-7H,8-9H2,1-3H3,(H2,16,18)(H,19,20). The smallest absolute Gasteiger partial charge is 0.323 e. The van der Waals surface area contributed by atoms with E-state index in [9.17, 15) is 14.4 Å². The third-order valence-electron chi connectivity index (χ3n) is 2.93. The molecule has 0 fully saturated rings. The van der Waals surface area contributed by atoms with E-state index < -0.39 is 30.9 Å². The van der Waals surface area contributed by atoms with Crippen molar-refractivity contribution in [3.63, 3.8) is 0 Å². The van der Waals surface area contributed by atoms with Gasteiger partial charge in [-0.15, -0.1) is 0 Å². The molecule has 0 unspecified atom stereocenters. The summed E-state index contributed by atoms with van der Waals surface area (Å²) in [5.74, 6) is -2.46. The molecule has 0 heterocycles. The summed E-state index contributed by atoms with van der Waals surface area (Å²) in [6.07, 6.45) is 0. The molecular weight excluding hydrogens is 272 g/mol. The van der Waals surface area contributed by atoms with Crippen molar-refractivity contribution in [1.82, 2.24) is 4.90 Å². The number of carboxylic acid groups (broad SMARTS) is 1. The van der Waals surface area contributed by atoms with Crippen LogP contribution >= 0.6 is 0 Å². The number of primary amides is 1. The Labute approximate surface area is 123 Å². The highest BCUT2D eigenvalue weighted by Crippen LogP contribution is 2.26. The molecular formula is C15H20N2O4. The molecule has 21 heavy (non-hydrogen) atoms. The summed E-state index contributed by atoms with van der Waals surface area (Å²) in [5, 5.41) is 8.88. The van der Waals surface area contributed by atoms with Gasteiger partial charge in [0.05, 0.1) is 0 Å². The van der Waals surface area contributed by atoms with Crippen molar-refractivity contribution >= 4 is 17.8 Å². The quantitative estimate of drug-likeness (QED) is 0.845. The van der Waals surface area contributed by atoms with Gasteiger partial charge in [0, 0.05) is 5.56 Å². The van der Waals surface area contributed by atoms with Gasteiger partial charge in [0.25, 0.3) is 5.91 Å². The lowest BCUT2D eigenvalue weighted by molar-refractivity contribution is -0.138. The molecule has 0 aliphatic rings. The van der Waals surface area contributed by atoms with Crippen LogP contribution in [0.1, 0.15) is 36.7 Å². The van der Waals surface area contributed by atoms with Gasteiger partial charge in [-0.3, -0.25) is 14.4 Å². The normalized spacial score (nSPS) is 11.0. The Morgan fingerprint density at radius 1 is 1.14 bits per heavy atom. The lowest BCUT2D eigenvalue weighted by Crippen LogP contribution is -2.42. The highest BCUT2D eigenvalue weighted by molar-refractivity contribution is 5.99. The average Bonchev–Trinajstić information content (AvgIpc) is 2.35. The molecule has 114 valence electrons. The zero-order chi connectivity index (χ0) is 16.2. The van der Waals surface area contributed by atoms with Crippen LogP contribution in [0.5, 0.6) is 0 Å². The summed E-state index contributed by atoms with van der Waals surface area (Å²) in [5.41, 5.74) is 5.97. The highest BCUT2D eigenvalue weighted by atomic mass is 16.4. The van der Waals surface area contributed by atoms with Crippen LogP contribution in [0.4, 0.5) is 0 Å². The molecule has 6 nitrogen and oxygen atoms in total. The highest BCUT2D eigenvalue weighted by Gasteiger charge is 2.26. The van der Waals surface area contributed by atoms with Crippen LogP contribution < -0.4 is 5.73 Å². The number of rotatable bonds is 5. The second-order valence-corrected chi connectivity index (χ2v) is 5.82. The maximum absolute atomic E-state index is 12.5. The Balaban J connectivity index is 3.20. The number of aliphatic carboxylic acids is 1. The van der Waals surface area contributed by atoms with Crippen LogP contribution in [0.15, 0.2) is 24.3 Å². The number of carboxylic acids is 1.